The first-order valence-corrected chi connectivity index (χ1v) is 19.1. The topological polar surface area (TPSA) is 59.6 Å². The Labute approximate surface area is 311 Å². The number of benzene rings is 4. The monoisotopic (exact) mass is 706 g/mol. The van der Waals surface area contributed by atoms with E-state index in [-0.39, 0.29) is 28.3 Å². The average molecular weight is 707 g/mol. The van der Waals surface area contributed by atoms with Crippen LogP contribution in [-0.4, -0.2) is 20.1 Å². The van der Waals surface area contributed by atoms with Crippen molar-refractivity contribution in [1.29, 1.82) is 0 Å². The number of fused-ring (bicyclic) bond motifs is 2. The van der Waals surface area contributed by atoms with E-state index in [1.54, 1.807) is 7.11 Å². The van der Waals surface area contributed by atoms with Gasteiger partial charge >= 0.3 is 0 Å². The van der Waals surface area contributed by atoms with Crippen molar-refractivity contribution in [2.45, 2.75) is 123 Å². The smallest absolute Gasteiger partial charge is 0.255 e. The fourth-order valence-electron chi connectivity index (χ4n) is 7.19. The van der Waals surface area contributed by atoms with E-state index < -0.39 is 0 Å². The summed E-state index contributed by atoms with van der Waals surface area (Å²) < 4.78 is 25.9. The van der Waals surface area contributed by atoms with Crippen LogP contribution in [0.5, 0.6) is 11.5 Å². The van der Waals surface area contributed by atoms with Gasteiger partial charge in [0.05, 0.1) is 25.6 Å². The fourth-order valence-corrected chi connectivity index (χ4v) is 7.19. The number of aryl methyl sites for hydroxylation is 3. The molecule has 5 nitrogen and oxygen atoms in total. The second kappa shape index (κ2) is 17.0. The summed E-state index contributed by atoms with van der Waals surface area (Å²) in [6.45, 7) is 14.0. The molecule has 0 saturated heterocycles. The summed E-state index contributed by atoms with van der Waals surface area (Å²) in [5.74, 6) is 0.485. The zero-order valence-electron chi connectivity index (χ0n) is 32.7. The normalized spacial score (nSPS) is 14.4. The number of hydrogen-bond acceptors (Lipinski definition) is 4. The zero-order valence-corrected chi connectivity index (χ0v) is 32.7. The number of ether oxygens (including phenoxy) is 2. The van der Waals surface area contributed by atoms with Gasteiger partial charge in [0.15, 0.2) is 11.6 Å². The van der Waals surface area contributed by atoms with Crippen LogP contribution in [0.25, 0.3) is 0 Å². The Kier molecular flexibility index (Phi) is 12.7. The molecule has 278 valence electrons. The highest BCUT2D eigenvalue weighted by molar-refractivity contribution is 6.05. The quantitative estimate of drug-likeness (QED) is 0.188. The lowest BCUT2D eigenvalue weighted by molar-refractivity contribution is 0.102. The summed E-state index contributed by atoms with van der Waals surface area (Å²) in [6.07, 6.45) is 11.0. The summed E-state index contributed by atoms with van der Waals surface area (Å²) in [5, 5.41) is 6.43. The summed E-state index contributed by atoms with van der Waals surface area (Å²) in [6, 6.07) is 22.9. The Balaban J connectivity index is 0.000000202. The molecule has 4 aromatic carbocycles. The summed E-state index contributed by atoms with van der Waals surface area (Å²) in [5.41, 5.74) is 10.8. The van der Waals surface area contributed by atoms with Gasteiger partial charge in [0.25, 0.3) is 5.91 Å². The molecule has 0 atom stereocenters. The van der Waals surface area contributed by atoms with Crippen LogP contribution in [0.3, 0.4) is 0 Å². The third kappa shape index (κ3) is 9.76. The van der Waals surface area contributed by atoms with Crippen LogP contribution in [0, 0.1) is 5.82 Å². The van der Waals surface area contributed by atoms with Crippen LogP contribution < -0.4 is 20.1 Å². The number of anilines is 2. The number of carbonyl (C=O) groups is 1. The van der Waals surface area contributed by atoms with Crippen molar-refractivity contribution in [2.24, 2.45) is 0 Å². The predicted molar refractivity (Wildman–Crippen MR) is 214 cm³/mol. The number of carbonyl (C=O) groups excluding carboxylic acids is 1. The third-order valence-corrected chi connectivity index (χ3v) is 10.5. The Hall–Kier alpha value is -4.32. The third-order valence-electron chi connectivity index (χ3n) is 10.5. The molecule has 1 amide bonds. The van der Waals surface area contributed by atoms with Crippen molar-refractivity contribution in [3.63, 3.8) is 0 Å². The van der Waals surface area contributed by atoms with E-state index in [9.17, 15) is 9.18 Å². The van der Waals surface area contributed by atoms with Gasteiger partial charge in [-0.3, -0.25) is 4.79 Å². The first-order valence-electron chi connectivity index (χ1n) is 19.1. The highest BCUT2D eigenvalue weighted by Gasteiger charge is 2.22. The van der Waals surface area contributed by atoms with Gasteiger partial charge in [-0.1, -0.05) is 90.8 Å². The van der Waals surface area contributed by atoms with Gasteiger partial charge in [-0.15, -0.1) is 0 Å². The fraction of sp³-hybridized carbons (Fsp3) is 0.457. The number of halogens is 1. The lowest BCUT2D eigenvalue weighted by atomic mass is 9.86. The molecule has 0 aromatic heterocycles. The van der Waals surface area contributed by atoms with Crippen LogP contribution in [0.2, 0.25) is 0 Å². The summed E-state index contributed by atoms with van der Waals surface area (Å²) >= 11 is 0. The minimum atomic E-state index is -0.338. The minimum absolute atomic E-state index is 0.0261. The van der Waals surface area contributed by atoms with Gasteiger partial charge < -0.3 is 20.1 Å². The second-order valence-corrected chi connectivity index (χ2v) is 16.4. The number of methoxy groups -OCH3 is 2. The first kappa shape index (κ1) is 38.9. The molecule has 52 heavy (non-hydrogen) atoms. The molecule has 0 bridgehead atoms. The molecule has 0 spiro atoms. The molecule has 4 aromatic rings. The van der Waals surface area contributed by atoms with Gasteiger partial charge in [0, 0.05) is 12.1 Å². The van der Waals surface area contributed by atoms with Crippen molar-refractivity contribution in [3.05, 3.63) is 117 Å². The van der Waals surface area contributed by atoms with E-state index in [4.69, 9.17) is 9.47 Å². The molecule has 2 aliphatic carbocycles. The van der Waals surface area contributed by atoms with Crippen molar-refractivity contribution >= 4 is 17.3 Å². The summed E-state index contributed by atoms with van der Waals surface area (Å²) in [7, 11) is 3.21. The lowest BCUT2D eigenvalue weighted by Gasteiger charge is -2.19. The van der Waals surface area contributed by atoms with E-state index in [0.717, 1.165) is 66.8 Å². The standard InChI is InChI=1S/C23H28FNO2.C23H31NO/c1-23(2,3)17-12-10-15(11-13-17)22(26)25-19-14-16-8-6-5-7-9-18(16)20(24)21(19)27-4;1-23(2,3)20-12-10-17(11-13-20)16-24-21-14-18-8-6-5-7-9-19(18)15-22(21)25-4/h10-14H,5-9H2,1-4H3,(H,25,26);10-15,24H,5-9,16H2,1-4H3. The zero-order chi connectivity index (χ0) is 37.5. The Bertz CT molecular complexity index is 1820. The second-order valence-electron chi connectivity index (χ2n) is 16.4. The maximum atomic E-state index is 15.0. The number of amides is 1. The summed E-state index contributed by atoms with van der Waals surface area (Å²) in [4.78, 5) is 12.7. The van der Waals surface area contributed by atoms with Gasteiger partial charge in [-0.05, 0) is 131 Å². The van der Waals surface area contributed by atoms with Crippen molar-refractivity contribution in [1.82, 2.24) is 0 Å². The SMILES string of the molecule is COc1c(NC(=O)c2ccc(C(C)(C)C)cc2)cc2c(c1F)CCCCC2.COc1cc2c(cc1NCc1ccc(C(C)(C)C)cc1)CCCCC2. The highest BCUT2D eigenvalue weighted by Crippen LogP contribution is 2.37. The van der Waals surface area contributed by atoms with E-state index >= 15 is 0 Å². The lowest BCUT2D eigenvalue weighted by Crippen LogP contribution is -2.15. The molecular formula is C46H59FN2O3. The molecule has 0 heterocycles. The van der Waals surface area contributed by atoms with E-state index in [1.807, 2.05) is 30.3 Å². The Morgan fingerprint density at radius 2 is 1.17 bits per heavy atom. The number of rotatable bonds is 7. The molecule has 6 heteroatoms. The molecule has 2 N–H and O–H groups in total. The Morgan fingerprint density at radius 1 is 0.654 bits per heavy atom. The largest absolute Gasteiger partial charge is 0.495 e. The minimum Gasteiger partial charge on any atom is -0.495 e. The van der Waals surface area contributed by atoms with E-state index in [2.05, 4.69) is 88.6 Å². The Morgan fingerprint density at radius 3 is 1.73 bits per heavy atom. The average Bonchev–Trinajstić information content (AvgIpc) is 3.51. The van der Waals surface area contributed by atoms with Gasteiger partial charge in [0.2, 0.25) is 0 Å². The molecule has 2 aliphatic rings. The number of hydrogen-bond donors (Lipinski definition) is 2. The van der Waals surface area contributed by atoms with Crippen molar-refractivity contribution < 1.29 is 18.7 Å². The maximum absolute atomic E-state index is 15.0. The predicted octanol–water partition coefficient (Wildman–Crippen LogP) is 11.5. The highest BCUT2D eigenvalue weighted by atomic mass is 19.1. The molecule has 6 rings (SSSR count). The van der Waals surface area contributed by atoms with Gasteiger partial charge in [-0.2, -0.15) is 0 Å². The van der Waals surface area contributed by atoms with Gasteiger partial charge in [-0.25, -0.2) is 4.39 Å². The first-order chi connectivity index (χ1) is 24.8. The maximum Gasteiger partial charge on any atom is 0.255 e. The molecule has 0 radical (unpaired) electrons. The molecule has 0 saturated carbocycles. The van der Waals surface area contributed by atoms with Crippen LogP contribution in [0.4, 0.5) is 15.8 Å². The molecule has 0 aliphatic heterocycles. The van der Waals surface area contributed by atoms with Crippen molar-refractivity contribution in [3.8, 4) is 11.5 Å². The van der Waals surface area contributed by atoms with Crippen LogP contribution in [0.1, 0.15) is 129 Å². The van der Waals surface area contributed by atoms with Crippen LogP contribution in [0.15, 0.2) is 66.7 Å². The van der Waals surface area contributed by atoms with E-state index in [1.165, 1.54) is 61.5 Å². The van der Waals surface area contributed by atoms with Crippen molar-refractivity contribution in [2.75, 3.05) is 24.9 Å². The van der Waals surface area contributed by atoms with E-state index in [0.29, 0.717) is 11.3 Å². The van der Waals surface area contributed by atoms with Crippen LogP contribution in [-0.2, 0) is 43.1 Å². The van der Waals surface area contributed by atoms with Crippen LogP contribution >= 0.6 is 0 Å². The number of nitrogens with one attached hydrogen (secondary N) is 2. The molecule has 0 fully saturated rings. The molecule has 0 unspecified atom stereocenters. The molecular weight excluding hydrogens is 648 g/mol. The van der Waals surface area contributed by atoms with Gasteiger partial charge in [0.1, 0.15) is 5.75 Å².